The number of alkyl halides is 3. The molecule has 0 atom stereocenters. The van der Waals surface area contributed by atoms with Crippen LogP contribution in [-0.2, 0) is 6.18 Å². The van der Waals surface area contributed by atoms with Crippen LogP contribution in [0.4, 0.5) is 24.9 Å². The lowest BCUT2D eigenvalue weighted by Gasteiger charge is -2.16. The molecule has 2 aromatic rings. The maximum Gasteiger partial charge on any atom is 0.433 e. The van der Waals surface area contributed by atoms with Crippen LogP contribution in [0, 0.1) is 10.1 Å². The topological polar surface area (TPSA) is 103 Å². The van der Waals surface area contributed by atoms with Gasteiger partial charge in [-0.15, -0.1) is 0 Å². The van der Waals surface area contributed by atoms with Crippen LogP contribution >= 0.6 is 0 Å². The summed E-state index contributed by atoms with van der Waals surface area (Å²) in [6.07, 6.45) is -4.18. The summed E-state index contributed by atoms with van der Waals surface area (Å²) in [5, 5.41) is 13.2. The summed E-state index contributed by atoms with van der Waals surface area (Å²) in [5.41, 5.74) is -1.15. The number of ether oxygens (including phenoxy) is 1. The molecule has 0 spiro atoms. The van der Waals surface area contributed by atoms with Crippen LogP contribution < -0.4 is 10.1 Å². The number of rotatable bonds is 6. The van der Waals surface area contributed by atoms with Crippen LogP contribution in [0.1, 0.15) is 18.9 Å². The van der Waals surface area contributed by atoms with Crippen LogP contribution in [0.15, 0.2) is 16.5 Å². The van der Waals surface area contributed by atoms with E-state index in [0.29, 0.717) is 6.42 Å². The van der Waals surface area contributed by atoms with Crippen molar-refractivity contribution in [3.63, 3.8) is 0 Å². The number of aromatic nitrogens is 2. The van der Waals surface area contributed by atoms with Gasteiger partial charge in [0.2, 0.25) is 11.7 Å². The normalized spacial score (nSPS) is 11.4. The van der Waals surface area contributed by atoms with Crippen molar-refractivity contribution < 1.29 is 27.2 Å². The molecule has 8 nitrogen and oxygen atoms in total. The molecule has 0 aliphatic rings. The van der Waals surface area contributed by atoms with Crippen molar-refractivity contribution in [3.8, 4) is 17.5 Å². The zero-order valence-corrected chi connectivity index (χ0v) is 12.7. The molecule has 0 bridgehead atoms. The molecule has 1 N–H and O–H groups in total. The quantitative estimate of drug-likeness (QED) is 0.630. The standard InChI is InChI=1S/C13H13F3N4O4/c1-3-6-17-11-9(13(14,15)16)12(23-2)19-10(18-11)7-4-5-8(24-7)20(21)22/h4-5H,3,6H2,1-2H3,(H,17,18,19). The first-order chi connectivity index (χ1) is 11.3. The first kappa shape index (κ1) is 17.5. The second kappa shape index (κ2) is 6.72. The van der Waals surface area contributed by atoms with Gasteiger partial charge in [-0.3, -0.25) is 10.1 Å². The molecule has 2 aromatic heterocycles. The first-order valence-corrected chi connectivity index (χ1v) is 6.79. The summed E-state index contributed by atoms with van der Waals surface area (Å²) >= 11 is 0. The van der Waals surface area contributed by atoms with Gasteiger partial charge in [-0.1, -0.05) is 6.92 Å². The molecule has 2 heterocycles. The number of furan rings is 1. The lowest BCUT2D eigenvalue weighted by atomic mass is 10.2. The van der Waals surface area contributed by atoms with Crippen LogP contribution in [0.2, 0.25) is 0 Å². The Morgan fingerprint density at radius 2 is 2.08 bits per heavy atom. The van der Waals surface area contributed by atoms with Crippen molar-refractivity contribution in [1.82, 2.24) is 9.97 Å². The van der Waals surface area contributed by atoms with Gasteiger partial charge in [0.05, 0.1) is 13.2 Å². The monoisotopic (exact) mass is 346 g/mol. The van der Waals surface area contributed by atoms with Gasteiger partial charge < -0.3 is 14.5 Å². The lowest BCUT2D eigenvalue weighted by molar-refractivity contribution is -0.401. The lowest BCUT2D eigenvalue weighted by Crippen LogP contribution is -2.16. The Labute approximate surface area is 133 Å². The molecular weight excluding hydrogens is 333 g/mol. The molecule has 0 saturated carbocycles. The molecule has 2 rings (SSSR count). The first-order valence-electron chi connectivity index (χ1n) is 6.79. The summed E-state index contributed by atoms with van der Waals surface area (Å²) in [6, 6.07) is 2.26. The third kappa shape index (κ3) is 3.55. The van der Waals surface area contributed by atoms with E-state index in [1.54, 1.807) is 6.92 Å². The third-order valence-electron chi connectivity index (χ3n) is 2.89. The number of methoxy groups -OCH3 is 1. The van der Waals surface area contributed by atoms with Crippen molar-refractivity contribution in [2.75, 3.05) is 19.0 Å². The summed E-state index contributed by atoms with van der Waals surface area (Å²) in [7, 11) is 1.04. The average molecular weight is 346 g/mol. The molecular formula is C13H13F3N4O4. The maximum absolute atomic E-state index is 13.3. The third-order valence-corrected chi connectivity index (χ3v) is 2.89. The highest BCUT2D eigenvalue weighted by atomic mass is 19.4. The van der Waals surface area contributed by atoms with E-state index in [4.69, 9.17) is 9.15 Å². The summed E-state index contributed by atoms with van der Waals surface area (Å²) < 4.78 is 49.4. The maximum atomic E-state index is 13.3. The summed E-state index contributed by atoms with van der Waals surface area (Å²) in [5.74, 6) is -2.16. The van der Waals surface area contributed by atoms with Crippen LogP contribution in [-0.4, -0.2) is 28.5 Å². The van der Waals surface area contributed by atoms with Gasteiger partial charge in [0, 0.05) is 6.54 Å². The molecule has 0 saturated heterocycles. The minimum absolute atomic E-state index is 0.145. The molecule has 11 heteroatoms. The predicted octanol–water partition coefficient (Wildman–Crippen LogP) is 3.49. The van der Waals surface area contributed by atoms with Crippen molar-refractivity contribution in [1.29, 1.82) is 0 Å². The molecule has 130 valence electrons. The van der Waals surface area contributed by atoms with Crippen LogP contribution in [0.25, 0.3) is 11.6 Å². The zero-order valence-electron chi connectivity index (χ0n) is 12.7. The van der Waals surface area contributed by atoms with Crippen molar-refractivity contribution in [2.45, 2.75) is 19.5 Å². The highest BCUT2D eigenvalue weighted by Crippen LogP contribution is 2.40. The Hall–Kier alpha value is -2.85. The Morgan fingerprint density at radius 3 is 2.58 bits per heavy atom. The summed E-state index contributed by atoms with van der Waals surface area (Å²) in [6.45, 7) is 2.01. The van der Waals surface area contributed by atoms with E-state index >= 15 is 0 Å². The van der Waals surface area contributed by atoms with Crippen molar-refractivity contribution >= 4 is 11.7 Å². The molecule has 0 radical (unpaired) electrons. The molecule has 0 aliphatic carbocycles. The van der Waals surface area contributed by atoms with Crippen molar-refractivity contribution in [3.05, 3.63) is 27.8 Å². The fourth-order valence-corrected chi connectivity index (χ4v) is 1.87. The highest BCUT2D eigenvalue weighted by molar-refractivity contribution is 5.59. The van der Waals surface area contributed by atoms with Crippen LogP contribution in [0.5, 0.6) is 5.88 Å². The van der Waals surface area contributed by atoms with E-state index in [9.17, 15) is 23.3 Å². The fourth-order valence-electron chi connectivity index (χ4n) is 1.87. The predicted molar refractivity (Wildman–Crippen MR) is 76.7 cm³/mol. The van der Waals surface area contributed by atoms with Gasteiger partial charge in [0.25, 0.3) is 0 Å². The fraction of sp³-hybridized carbons (Fsp3) is 0.385. The number of nitrogens with zero attached hydrogens (tertiary/aromatic N) is 3. The molecule has 0 unspecified atom stereocenters. The van der Waals surface area contributed by atoms with E-state index in [1.807, 2.05) is 0 Å². The van der Waals surface area contributed by atoms with Crippen molar-refractivity contribution in [2.24, 2.45) is 0 Å². The Kier molecular flexibility index (Phi) is 4.90. The van der Waals surface area contributed by atoms with E-state index < -0.39 is 34.2 Å². The van der Waals surface area contributed by atoms with E-state index in [2.05, 4.69) is 15.3 Å². The number of nitrogens with one attached hydrogen (secondary N) is 1. The minimum atomic E-state index is -4.74. The summed E-state index contributed by atoms with van der Waals surface area (Å²) in [4.78, 5) is 17.3. The molecule has 0 aromatic carbocycles. The molecule has 0 fully saturated rings. The number of nitro groups is 1. The van der Waals surface area contributed by atoms with Crippen LogP contribution in [0.3, 0.4) is 0 Å². The Morgan fingerprint density at radius 1 is 1.38 bits per heavy atom. The smallest absolute Gasteiger partial charge is 0.433 e. The molecule has 24 heavy (non-hydrogen) atoms. The molecule has 0 amide bonds. The highest BCUT2D eigenvalue weighted by Gasteiger charge is 2.40. The van der Waals surface area contributed by atoms with Gasteiger partial charge in [-0.2, -0.15) is 18.2 Å². The minimum Gasteiger partial charge on any atom is -0.480 e. The number of halogens is 3. The van der Waals surface area contributed by atoms with Gasteiger partial charge in [-0.05, 0) is 12.5 Å². The van der Waals surface area contributed by atoms with E-state index in [0.717, 1.165) is 13.2 Å². The second-order valence-corrected chi connectivity index (χ2v) is 4.60. The van der Waals surface area contributed by atoms with Gasteiger partial charge in [0.15, 0.2) is 11.3 Å². The number of hydrogen-bond donors (Lipinski definition) is 1. The average Bonchev–Trinajstić information content (AvgIpc) is 3.01. The SMILES string of the molecule is CCCNc1nc(-c2ccc([N+](=O)[O-])o2)nc(OC)c1C(F)(F)F. The van der Waals surface area contributed by atoms with Gasteiger partial charge in [-0.25, -0.2) is 4.98 Å². The van der Waals surface area contributed by atoms with Gasteiger partial charge in [0.1, 0.15) is 10.7 Å². The molecule has 0 aliphatic heterocycles. The Bertz CT molecular complexity index is 745. The zero-order chi connectivity index (χ0) is 17.9. The van der Waals surface area contributed by atoms with E-state index in [-0.39, 0.29) is 18.1 Å². The largest absolute Gasteiger partial charge is 0.480 e. The van der Waals surface area contributed by atoms with Gasteiger partial charge >= 0.3 is 12.1 Å². The Balaban J connectivity index is 2.59. The number of hydrogen-bond acceptors (Lipinski definition) is 7. The second-order valence-electron chi connectivity index (χ2n) is 4.60. The number of anilines is 1. The van der Waals surface area contributed by atoms with E-state index in [1.165, 1.54) is 6.07 Å².